The third-order valence-electron chi connectivity index (χ3n) is 6.88. The van der Waals surface area contributed by atoms with Crippen molar-refractivity contribution >= 4 is 0 Å². The monoisotopic (exact) mass is 422 g/mol. The van der Waals surface area contributed by atoms with E-state index in [0.29, 0.717) is 0 Å². The van der Waals surface area contributed by atoms with Crippen LogP contribution in [-0.2, 0) is 18.4 Å². The van der Waals surface area contributed by atoms with Crippen LogP contribution in [0.25, 0.3) is 11.1 Å². The molecular weight excluding hydrogens is 384 g/mol. The van der Waals surface area contributed by atoms with Gasteiger partial charge in [0.1, 0.15) is 22.8 Å². The summed E-state index contributed by atoms with van der Waals surface area (Å²) < 4.78 is 19.1. The number of hydrogen-bond acceptors (Lipinski definition) is 3. The average Bonchev–Trinajstić information content (AvgIpc) is 2.76. The van der Waals surface area contributed by atoms with E-state index in [0.717, 1.165) is 81.8 Å². The highest BCUT2D eigenvalue weighted by Crippen LogP contribution is 2.56. The minimum absolute atomic E-state index is 0.202. The Morgan fingerprint density at radius 2 is 1.35 bits per heavy atom. The second-order valence-corrected chi connectivity index (χ2v) is 9.02. The normalized spacial score (nSPS) is 15.6. The van der Waals surface area contributed by atoms with E-state index in [9.17, 15) is 0 Å². The van der Waals surface area contributed by atoms with Gasteiger partial charge in [0.05, 0.1) is 13.2 Å². The van der Waals surface area contributed by atoms with Crippen molar-refractivity contribution in [3.8, 4) is 28.4 Å². The molecule has 1 saturated carbocycles. The predicted octanol–water partition coefficient (Wildman–Crippen LogP) is 7.61. The molecule has 1 fully saturated rings. The van der Waals surface area contributed by atoms with E-state index in [1.807, 2.05) is 0 Å². The van der Waals surface area contributed by atoms with Crippen LogP contribution in [-0.4, -0.2) is 13.2 Å². The molecule has 31 heavy (non-hydrogen) atoms. The predicted molar refractivity (Wildman–Crippen MR) is 128 cm³/mol. The molecule has 0 unspecified atom stereocenters. The fourth-order valence-electron chi connectivity index (χ4n) is 4.73. The molecule has 3 heteroatoms. The fourth-order valence-corrected chi connectivity index (χ4v) is 4.73. The van der Waals surface area contributed by atoms with Gasteiger partial charge in [0.25, 0.3) is 0 Å². The van der Waals surface area contributed by atoms with Gasteiger partial charge >= 0.3 is 0 Å². The first-order valence-corrected chi connectivity index (χ1v) is 12.4. The SMILES string of the molecule is CCCCOc1cc2c(cc1CC)-c1cc(CC)c(OCCCC)cc1C1(CCC1)O2. The average molecular weight is 423 g/mol. The number of aryl methyl sites for hydroxylation is 2. The number of rotatable bonds is 10. The first-order valence-electron chi connectivity index (χ1n) is 12.4. The molecule has 0 amide bonds. The largest absolute Gasteiger partial charge is 0.493 e. The van der Waals surface area contributed by atoms with E-state index < -0.39 is 0 Å². The molecule has 0 aromatic heterocycles. The highest BCUT2D eigenvalue weighted by molar-refractivity contribution is 5.80. The molecule has 0 N–H and O–H groups in total. The van der Waals surface area contributed by atoms with Crippen molar-refractivity contribution < 1.29 is 14.2 Å². The van der Waals surface area contributed by atoms with Gasteiger partial charge < -0.3 is 14.2 Å². The molecule has 1 spiro atoms. The summed E-state index contributed by atoms with van der Waals surface area (Å²) in [5, 5.41) is 0. The standard InChI is InChI=1S/C28H38O3/c1-5-9-14-29-25-18-24-22(16-20(25)7-3)23-17-21(8-4)26(30-15-10-6-2)19-27(23)31-28(24)12-11-13-28/h16-19H,5-15H2,1-4H3. The second kappa shape index (κ2) is 9.54. The third-order valence-corrected chi connectivity index (χ3v) is 6.88. The lowest BCUT2D eigenvalue weighted by Gasteiger charge is -2.47. The Bertz CT molecular complexity index is 911. The topological polar surface area (TPSA) is 27.7 Å². The van der Waals surface area contributed by atoms with Crippen LogP contribution in [0.3, 0.4) is 0 Å². The summed E-state index contributed by atoms with van der Waals surface area (Å²) in [6, 6.07) is 9.13. The van der Waals surface area contributed by atoms with E-state index in [1.54, 1.807) is 0 Å². The lowest BCUT2D eigenvalue weighted by Crippen LogP contribution is -2.42. The number of unbranched alkanes of at least 4 members (excludes halogenated alkanes) is 2. The van der Waals surface area contributed by atoms with Crippen LogP contribution in [0.2, 0.25) is 0 Å². The van der Waals surface area contributed by atoms with E-state index in [2.05, 4.69) is 52.0 Å². The Hall–Kier alpha value is -2.16. The lowest BCUT2D eigenvalue weighted by molar-refractivity contribution is -0.0147. The maximum Gasteiger partial charge on any atom is 0.135 e. The third kappa shape index (κ3) is 4.16. The van der Waals surface area contributed by atoms with Gasteiger partial charge in [-0.15, -0.1) is 0 Å². The van der Waals surface area contributed by atoms with Gasteiger partial charge in [-0.05, 0) is 79.8 Å². The Balaban J connectivity index is 1.78. The van der Waals surface area contributed by atoms with Crippen molar-refractivity contribution in [3.63, 3.8) is 0 Å². The van der Waals surface area contributed by atoms with Crippen molar-refractivity contribution in [1.82, 2.24) is 0 Å². The zero-order valence-corrected chi connectivity index (χ0v) is 19.8. The molecule has 2 aliphatic rings. The number of benzene rings is 2. The number of hydrogen-bond donors (Lipinski definition) is 0. The Morgan fingerprint density at radius 3 is 1.87 bits per heavy atom. The molecule has 0 atom stereocenters. The van der Waals surface area contributed by atoms with Crippen molar-refractivity contribution in [2.24, 2.45) is 0 Å². The zero-order chi connectivity index (χ0) is 21.8. The van der Waals surface area contributed by atoms with Crippen molar-refractivity contribution in [1.29, 1.82) is 0 Å². The summed E-state index contributed by atoms with van der Waals surface area (Å²) in [7, 11) is 0. The summed E-state index contributed by atoms with van der Waals surface area (Å²) in [5.41, 5.74) is 6.20. The van der Waals surface area contributed by atoms with Crippen LogP contribution >= 0.6 is 0 Å². The highest BCUT2D eigenvalue weighted by Gasteiger charge is 2.46. The quantitative estimate of drug-likeness (QED) is 0.369. The molecule has 1 aliphatic heterocycles. The first kappa shape index (κ1) is 22.0. The maximum atomic E-state index is 6.75. The van der Waals surface area contributed by atoms with E-state index in [1.165, 1.54) is 34.2 Å². The first-order chi connectivity index (χ1) is 15.2. The van der Waals surface area contributed by atoms with Gasteiger partial charge in [0, 0.05) is 17.2 Å². The van der Waals surface area contributed by atoms with Crippen LogP contribution < -0.4 is 14.2 Å². The molecule has 0 saturated heterocycles. The van der Waals surface area contributed by atoms with Gasteiger partial charge in [-0.3, -0.25) is 0 Å². The highest BCUT2D eigenvalue weighted by atomic mass is 16.5. The summed E-state index contributed by atoms with van der Waals surface area (Å²) >= 11 is 0. The summed E-state index contributed by atoms with van der Waals surface area (Å²) in [6.45, 7) is 10.4. The van der Waals surface area contributed by atoms with Crippen molar-refractivity contribution in [2.45, 2.75) is 91.1 Å². The summed E-state index contributed by atoms with van der Waals surface area (Å²) in [5.74, 6) is 3.02. The Morgan fingerprint density at radius 1 is 0.774 bits per heavy atom. The van der Waals surface area contributed by atoms with Crippen LogP contribution in [0.5, 0.6) is 17.2 Å². The van der Waals surface area contributed by atoms with Crippen LogP contribution in [0, 0.1) is 0 Å². The zero-order valence-electron chi connectivity index (χ0n) is 19.8. The molecular formula is C28H38O3. The van der Waals surface area contributed by atoms with Gasteiger partial charge in [-0.2, -0.15) is 0 Å². The Kier molecular flexibility index (Phi) is 6.79. The minimum Gasteiger partial charge on any atom is -0.493 e. The van der Waals surface area contributed by atoms with Gasteiger partial charge in [-0.25, -0.2) is 0 Å². The smallest absolute Gasteiger partial charge is 0.135 e. The van der Waals surface area contributed by atoms with Crippen LogP contribution in [0.15, 0.2) is 24.3 Å². The fraction of sp³-hybridized carbons (Fsp3) is 0.571. The number of fused-ring (bicyclic) bond motifs is 4. The molecule has 2 aromatic rings. The van der Waals surface area contributed by atoms with Gasteiger partial charge in [0.15, 0.2) is 0 Å². The van der Waals surface area contributed by atoms with Crippen molar-refractivity contribution in [3.05, 3.63) is 41.0 Å². The van der Waals surface area contributed by atoms with E-state index in [-0.39, 0.29) is 5.60 Å². The molecule has 4 rings (SSSR count). The number of ether oxygens (including phenoxy) is 3. The molecule has 3 nitrogen and oxygen atoms in total. The van der Waals surface area contributed by atoms with Crippen molar-refractivity contribution in [2.75, 3.05) is 13.2 Å². The van der Waals surface area contributed by atoms with E-state index in [4.69, 9.17) is 14.2 Å². The van der Waals surface area contributed by atoms with Crippen LogP contribution in [0.4, 0.5) is 0 Å². The van der Waals surface area contributed by atoms with E-state index >= 15 is 0 Å². The molecule has 168 valence electrons. The molecule has 2 aromatic carbocycles. The summed E-state index contributed by atoms with van der Waals surface area (Å²) in [6.07, 6.45) is 9.73. The second-order valence-electron chi connectivity index (χ2n) is 9.02. The molecule has 0 bridgehead atoms. The minimum atomic E-state index is -0.202. The van der Waals surface area contributed by atoms with Gasteiger partial charge in [0.2, 0.25) is 0 Å². The molecule has 1 aliphatic carbocycles. The Labute approximate surface area is 188 Å². The molecule has 1 heterocycles. The molecule has 0 radical (unpaired) electrons. The lowest BCUT2D eigenvalue weighted by atomic mass is 9.70. The summed E-state index contributed by atoms with van der Waals surface area (Å²) in [4.78, 5) is 0. The van der Waals surface area contributed by atoms with Gasteiger partial charge in [-0.1, -0.05) is 40.5 Å². The maximum absolute atomic E-state index is 6.75. The van der Waals surface area contributed by atoms with Crippen LogP contribution in [0.1, 0.15) is 89.3 Å².